The van der Waals surface area contributed by atoms with Crippen molar-refractivity contribution in [2.24, 2.45) is 0 Å². The normalized spacial score (nSPS) is 16.5. The predicted molar refractivity (Wildman–Crippen MR) is 72.1 cm³/mol. The zero-order chi connectivity index (χ0) is 13.9. The highest BCUT2D eigenvalue weighted by molar-refractivity contribution is 5.91. The Hall–Kier alpha value is -1.84. The molecular formula is C15H19NO3. The van der Waals surface area contributed by atoms with Gasteiger partial charge in [-0.05, 0) is 37.3 Å². The van der Waals surface area contributed by atoms with Crippen molar-refractivity contribution < 1.29 is 14.7 Å². The molecule has 2 N–H and O–H groups in total. The summed E-state index contributed by atoms with van der Waals surface area (Å²) in [5.74, 6) is -1.08. The summed E-state index contributed by atoms with van der Waals surface area (Å²) in [4.78, 5) is 23.1. The standard InChI is InChI=1S/C15H19NO3/c1-2-15(8-5-9-15)16-13(17)10-11-6-3-4-7-12(11)14(18)19/h3-4,6-7H,2,5,8-10H2,1H3,(H,16,17)(H,18,19). The molecule has 0 radical (unpaired) electrons. The van der Waals surface area contributed by atoms with Gasteiger partial charge in [0.25, 0.3) is 0 Å². The van der Waals surface area contributed by atoms with E-state index in [0.29, 0.717) is 5.56 Å². The summed E-state index contributed by atoms with van der Waals surface area (Å²) in [6, 6.07) is 6.66. The zero-order valence-corrected chi connectivity index (χ0v) is 11.1. The van der Waals surface area contributed by atoms with Crippen LogP contribution in [0.2, 0.25) is 0 Å². The van der Waals surface area contributed by atoms with Crippen LogP contribution in [-0.2, 0) is 11.2 Å². The first-order valence-electron chi connectivity index (χ1n) is 6.68. The van der Waals surface area contributed by atoms with Crippen molar-refractivity contribution in [2.75, 3.05) is 0 Å². The molecule has 1 aliphatic carbocycles. The summed E-state index contributed by atoms with van der Waals surface area (Å²) in [5, 5.41) is 12.1. The largest absolute Gasteiger partial charge is 0.478 e. The predicted octanol–water partition coefficient (Wildman–Crippen LogP) is 2.38. The number of aromatic carboxylic acids is 1. The quantitative estimate of drug-likeness (QED) is 0.855. The maximum absolute atomic E-state index is 12.1. The molecule has 2 rings (SSSR count). The fraction of sp³-hybridized carbons (Fsp3) is 0.467. The highest BCUT2D eigenvalue weighted by atomic mass is 16.4. The van der Waals surface area contributed by atoms with Crippen LogP contribution >= 0.6 is 0 Å². The summed E-state index contributed by atoms with van der Waals surface area (Å²) in [6.07, 6.45) is 4.26. The second kappa shape index (κ2) is 5.43. The Morgan fingerprint density at radius 3 is 2.53 bits per heavy atom. The SMILES string of the molecule is CCC1(NC(=O)Cc2ccccc2C(=O)O)CCC1. The van der Waals surface area contributed by atoms with Gasteiger partial charge in [-0.3, -0.25) is 4.79 Å². The van der Waals surface area contributed by atoms with Gasteiger partial charge in [0.05, 0.1) is 12.0 Å². The van der Waals surface area contributed by atoms with E-state index in [0.717, 1.165) is 25.7 Å². The van der Waals surface area contributed by atoms with E-state index in [1.54, 1.807) is 18.2 Å². The first kappa shape index (κ1) is 13.6. The van der Waals surface area contributed by atoms with Crippen LogP contribution in [0, 0.1) is 0 Å². The molecule has 1 saturated carbocycles. The van der Waals surface area contributed by atoms with Crippen molar-refractivity contribution in [1.82, 2.24) is 5.32 Å². The van der Waals surface area contributed by atoms with E-state index < -0.39 is 5.97 Å². The number of carboxylic acid groups (broad SMARTS) is 1. The van der Waals surface area contributed by atoms with Crippen LogP contribution in [0.15, 0.2) is 24.3 Å². The number of hydrogen-bond donors (Lipinski definition) is 2. The van der Waals surface area contributed by atoms with Crippen molar-refractivity contribution in [3.63, 3.8) is 0 Å². The van der Waals surface area contributed by atoms with Crippen molar-refractivity contribution in [2.45, 2.75) is 44.6 Å². The van der Waals surface area contributed by atoms with Gasteiger partial charge in [-0.1, -0.05) is 25.1 Å². The molecule has 0 unspecified atom stereocenters. The minimum absolute atomic E-state index is 0.0464. The lowest BCUT2D eigenvalue weighted by molar-refractivity contribution is -0.123. The monoisotopic (exact) mass is 261 g/mol. The number of carboxylic acids is 1. The summed E-state index contributed by atoms with van der Waals surface area (Å²) >= 11 is 0. The van der Waals surface area contributed by atoms with Crippen LogP contribution < -0.4 is 5.32 Å². The number of rotatable bonds is 5. The Labute approximate surface area is 112 Å². The van der Waals surface area contributed by atoms with E-state index in [1.165, 1.54) is 6.07 Å². The van der Waals surface area contributed by atoms with Gasteiger partial charge in [0, 0.05) is 5.54 Å². The minimum atomic E-state index is -0.989. The lowest BCUT2D eigenvalue weighted by Crippen LogP contribution is -2.53. The Morgan fingerprint density at radius 2 is 2.00 bits per heavy atom. The van der Waals surface area contributed by atoms with Crippen LogP contribution in [0.4, 0.5) is 0 Å². The third-order valence-electron chi connectivity index (χ3n) is 3.99. The molecule has 1 amide bonds. The molecule has 4 heteroatoms. The van der Waals surface area contributed by atoms with Crippen LogP contribution in [0.25, 0.3) is 0 Å². The Balaban J connectivity index is 2.05. The second-order valence-electron chi connectivity index (χ2n) is 5.17. The molecule has 0 heterocycles. The summed E-state index contributed by atoms with van der Waals surface area (Å²) in [7, 11) is 0. The molecule has 0 aromatic heterocycles. The van der Waals surface area contributed by atoms with E-state index >= 15 is 0 Å². The molecule has 1 fully saturated rings. The fourth-order valence-corrected chi connectivity index (χ4v) is 2.57. The third-order valence-corrected chi connectivity index (χ3v) is 3.99. The van der Waals surface area contributed by atoms with E-state index in [2.05, 4.69) is 12.2 Å². The van der Waals surface area contributed by atoms with Crippen LogP contribution in [0.5, 0.6) is 0 Å². The van der Waals surface area contributed by atoms with Gasteiger partial charge >= 0.3 is 5.97 Å². The van der Waals surface area contributed by atoms with Gasteiger partial charge in [0.15, 0.2) is 0 Å². The number of hydrogen-bond acceptors (Lipinski definition) is 2. The Kier molecular flexibility index (Phi) is 3.88. The van der Waals surface area contributed by atoms with Crippen molar-refractivity contribution in [3.05, 3.63) is 35.4 Å². The van der Waals surface area contributed by atoms with E-state index in [1.807, 2.05) is 0 Å². The van der Waals surface area contributed by atoms with E-state index in [-0.39, 0.29) is 23.4 Å². The van der Waals surface area contributed by atoms with Gasteiger partial charge in [0.2, 0.25) is 5.91 Å². The molecule has 1 aromatic carbocycles. The molecule has 1 aliphatic rings. The maximum atomic E-state index is 12.1. The number of carbonyl (C=O) groups is 2. The van der Waals surface area contributed by atoms with Gasteiger partial charge in [-0.2, -0.15) is 0 Å². The van der Waals surface area contributed by atoms with E-state index in [9.17, 15) is 9.59 Å². The van der Waals surface area contributed by atoms with Crippen molar-refractivity contribution in [3.8, 4) is 0 Å². The van der Waals surface area contributed by atoms with Crippen molar-refractivity contribution in [1.29, 1.82) is 0 Å². The molecule has 1 aromatic rings. The molecule has 0 saturated heterocycles. The number of carbonyl (C=O) groups excluding carboxylic acids is 1. The summed E-state index contributed by atoms with van der Waals surface area (Å²) < 4.78 is 0. The minimum Gasteiger partial charge on any atom is -0.478 e. The molecule has 102 valence electrons. The van der Waals surface area contributed by atoms with Gasteiger partial charge < -0.3 is 10.4 Å². The van der Waals surface area contributed by atoms with Crippen molar-refractivity contribution >= 4 is 11.9 Å². The molecule has 0 aliphatic heterocycles. The highest BCUT2D eigenvalue weighted by Crippen LogP contribution is 2.34. The number of benzene rings is 1. The van der Waals surface area contributed by atoms with Crippen LogP contribution in [-0.4, -0.2) is 22.5 Å². The van der Waals surface area contributed by atoms with Gasteiger partial charge in [-0.15, -0.1) is 0 Å². The number of nitrogens with one attached hydrogen (secondary N) is 1. The van der Waals surface area contributed by atoms with Gasteiger partial charge in [-0.25, -0.2) is 4.79 Å². The maximum Gasteiger partial charge on any atom is 0.335 e. The molecule has 19 heavy (non-hydrogen) atoms. The lowest BCUT2D eigenvalue weighted by Gasteiger charge is -2.42. The first-order valence-corrected chi connectivity index (χ1v) is 6.68. The van der Waals surface area contributed by atoms with E-state index in [4.69, 9.17) is 5.11 Å². The summed E-state index contributed by atoms with van der Waals surface area (Å²) in [6.45, 7) is 2.07. The highest BCUT2D eigenvalue weighted by Gasteiger charge is 2.36. The zero-order valence-electron chi connectivity index (χ0n) is 11.1. The van der Waals surface area contributed by atoms with Crippen LogP contribution in [0.1, 0.15) is 48.5 Å². The molecule has 0 spiro atoms. The molecular weight excluding hydrogens is 242 g/mol. The average Bonchev–Trinajstić information content (AvgIpc) is 2.34. The third kappa shape index (κ3) is 2.95. The second-order valence-corrected chi connectivity index (χ2v) is 5.17. The van der Waals surface area contributed by atoms with Gasteiger partial charge in [0.1, 0.15) is 0 Å². The summed E-state index contributed by atoms with van der Waals surface area (Å²) in [5.41, 5.74) is 0.727. The smallest absolute Gasteiger partial charge is 0.335 e. The Bertz CT molecular complexity index is 486. The molecule has 0 atom stereocenters. The first-order chi connectivity index (χ1) is 9.06. The molecule has 4 nitrogen and oxygen atoms in total. The fourth-order valence-electron chi connectivity index (χ4n) is 2.57. The lowest BCUT2D eigenvalue weighted by atomic mass is 9.74. The Morgan fingerprint density at radius 1 is 1.32 bits per heavy atom. The average molecular weight is 261 g/mol. The molecule has 0 bridgehead atoms. The topological polar surface area (TPSA) is 66.4 Å². The number of amides is 1. The van der Waals surface area contributed by atoms with Crippen LogP contribution in [0.3, 0.4) is 0 Å².